The van der Waals surface area contributed by atoms with Crippen LogP contribution in [0.4, 0.5) is 45.5 Å². The molecule has 20 nitrogen and oxygen atoms in total. The lowest BCUT2D eigenvalue weighted by Crippen LogP contribution is -2.09. The number of Topliss-reactive ketones (excluding diaryl/α,β-unsaturated/α-hetero) is 1. The monoisotopic (exact) mass is 1110 g/mol. The Morgan fingerprint density at radius 3 is 1.41 bits per heavy atom. The molecule has 0 spiro atoms. The van der Waals surface area contributed by atoms with Crippen molar-refractivity contribution >= 4 is 103 Å². The van der Waals surface area contributed by atoms with Crippen LogP contribution in [-0.4, -0.2) is 56.9 Å². The molecule has 78 heavy (non-hydrogen) atoms. The van der Waals surface area contributed by atoms with E-state index in [0.29, 0.717) is 79.1 Å². The molecule has 0 bridgehead atoms. The van der Waals surface area contributed by atoms with E-state index in [-0.39, 0.29) is 40.0 Å². The first-order chi connectivity index (χ1) is 36.8. The van der Waals surface area contributed by atoms with E-state index < -0.39 is 46.8 Å². The van der Waals surface area contributed by atoms with Crippen molar-refractivity contribution in [2.45, 2.75) is 75.7 Å². The number of aryl methyl sites for hydroxylation is 6. The summed E-state index contributed by atoms with van der Waals surface area (Å²) in [6.07, 6.45) is 0.361. The maximum Gasteiger partial charge on any atom is 0.295 e. The van der Waals surface area contributed by atoms with Gasteiger partial charge in [0.2, 0.25) is 0 Å². The molecule has 0 heterocycles. The first-order valence-electron chi connectivity index (χ1n) is 23.6. The zero-order chi connectivity index (χ0) is 56.4. The molecule has 23 heteroatoms. The molecule has 0 aliphatic rings. The highest BCUT2D eigenvalue weighted by molar-refractivity contribution is 7.87. The lowest BCUT2D eigenvalue weighted by molar-refractivity contribution is -0.117. The Bertz CT molecular complexity index is 4260. The highest BCUT2D eigenvalue weighted by Crippen LogP contribution is 2.39. The third-order valence-corrected chi connectivity index (χ3v) is 15.4. The number of aliphatic hydroxyl groups excluding tert-OH is 1. The van der Waals surface area contributed by atoms with Crippen LogP contribution in [0.5, 0.6) is 5.75 Å². The topological polar surface area (TPSA) is 309 Å². The van der Waals surface area contributed by atoms with Gasteiger partial charge in [0, 0.05) is 35.2 Å². The van der Waals surface area contributed by atoms with Crippen molar-refractivity contribution in [2.24, 2.45) is 40.9 Å². The van der Waals surface area contributed by atoms with Gasteiger partial charge in [-0.05, 0) is 170 Å². The van der Waals surface area contributed by atoms with Gasteiger partial charge < -0.3 is 9.84 Å². The second kappa shape index (κ2) is 22.4. The van der Waals surface area contributed by atoms with Gasteiger partial charge in [0.1, 0.15) is 27.0 Å². The number of nitrogens with zero attached hydrogens (tertiary/aromatic N) is 8. The Labute approximate surface area is 449 Å². The van der Waals surface area contributed by atoms with Crippen LogP contribution in [0.3, 0.4) is 0 Å². The molecular formula is C55H50N8O12S3. The Morgan fingerprint density at radius 1 is 0.436 bits per heavy atom. The third-order valence-electron chi connectivity index (χ3n) is 12.8. The number of hydrogen-bond donors (Lipinski definition) is 4. The van der Waals surface area contributed by atoms with Gasteiger partial charge in [-0.25, -0.2) is 0 Å². The van der Waals surface area contributed by atoms with Crippen molar-refractivity contribution in [3.63, 3.8) is 0 Å². The number of ketones is 1. The summed E-state index contributed by atoms with van der Waals surface area (Å²) < 4.78 is 106. The zero-order valence-electron chi connectivity index (χ0n) is 42.9. The van der Waals surface area contributed by atoms with E-state index >= 15 is 0 Å². The maximum absolute atomic E-state index is 13.6. The number of aliphatic hydroxyl groups is 1. The van der Waals surface area contributed by atoms with E-state index in [1.54, 1.807) is 55.5 Å². The number of ether oxygens (including phenoxy) is 1. The number of hydrogen-bond acceptors (Lipinski definition) is 17. The van der Waals surface area contributed by atoms with E-state index in [9.17, 15) is 48.8 Å². The van der Waals surface area contributed by atoms with E-state index in [1.807, 2.05) is 58.9 Å². The summed E-state index contributed by atoms with van der Waals surface area (Å²) in [4.78, 5) is 11.9. The maximum atomic E-state index is 13.6. The molecule has 8 rings (SSSR count). The van der Waals surface area contributed by atoms with Gasteiger partial charge in [-0.2, -0.15) is 61.1 Å². The zero-order valence-corrected chi connectivity index (χ0v) is 45.4. The van der Waals surface area contributed by atoms with Crippen LogP contribution in [-0.2, 0) is 54.6 Å². The van der Waals surface area contributed by atoms with Crippen molar-refractivity contribution < 1.29 is 53.5 Å². The second-order valence-electron chi connectivity index (χ2n) is 18.5. The fourth-order valence-corrected chi connectivity index (χ4v) is 10.6. The van der Waals surface area contributed by atoms with Gasteiger partial charge in [-0.1, -0.05) is 36.4 Å². The van der Waals surface area contributed by atoms with E-state index in [0.717, 1.165) is 39.4 Å². The highest BCUT2D eigenvalue weighted by Gasteiger charge is 2.22. The minimum atomic E-state index is -4.92. The fraction of sp³-hybridized carbons (Fsp3) is 0.182. The van der Waals surface area contributed by atoms with Gasteiger partial charge >= 0.3 is 0 Å². The second-order valence-corrected chi connectivity index (χ2v) is 22.7. The molecule has 0 radical (unpaired) electrons. The molecule has 0 amide bonds. The minimum absolute atomic E-state index is 0.00251. The number of fused-ring (bicyclic) bond motifs is 2. The molecule has 4 N–H and O–H groups in total. The molecule has 0 saturated heterocycles. The van der Waals surface area contributed by atoms with Gasteiger partial charge in [0.15, 0.2) is 0 Å². The molecule has 8 aromatic carbocycles. The Balaban J connectivity index is 0.923. The lowest BCUT2D eigenvalue weighted by Gasteiger charge is -2.12. The minimum Gasteiger partial charge on any atom is -0.494 e. The Kier molecular flexibility index (Phi) is 16.1. The molecule has 0 unspecified atom stereocenters. The lowest BCUT2D eigenvalue weighted by atomic mass is 9.94. The molecule has 8 aromatic rings. The first-order valence-corrected chi connectivity index (χ1v) is 28.0. The molecule has 0 saturated carbocycles. The van der Waals surface area contributed by atoms with Gasteiger partial charge in [-0.3, -0.25) is 18.5 Å². The smallest absolute Gasteiger partial charge is 0.295 e. The number of rotatable bonds is 17. The summed E-state index contributed by atoms with van der Waals surface area (Å²) in [7, 11) is -12.7. The van der Waals surface area contributed by atoms with Gasteiger partial charge in [-0.15, -0.1) is 5.11 Å². The summed E-state index contributed by atoms with van der Waals surface area (Å²) in [5.74, 6) is 0.391. The average molecular weight is 1110 g/mol. The first kappa shape index (κ1) is 56.1. The van der Waals surface area contributed by atoms with Crippen molar-refractivity contribution in [2.75, 3.05) is 7.11 Å². The van der Waals surface area contributed by atoms with Crippen molar-refractivity contribution in [1.82, 2.24) is 0 Å². The summed E-state index contributed by atoms with van der Waals surface area (Å²) in [6.45, 7) is 10.7. The van der Waals surface area contributed by atoms with Gasteiger partial charge in [0.25, 0.3) is 30.4 Å². The highest BCUT2D eigenvalue weighted by atomic mass is 32.2. The molecule has 400 valence electrons. The standard InChI is InChI=1S/C55H50N8O12S3/c1-30-17-47(60-62-51-19-34(5)49(24-40(51)29-64)58-56-42-14-12-37-23-44(76(66,67)68)27-55(46(37)26-42)78(72,73)74)32(3)15-38(30)21-43(65)22-39-16-33(4)48(18-31(39)2)61-63-52-20-35(6)50(28-53(52)75-7)59-57-41-13-11-36-9-8-10-54(45(36)25-41)77(69,70)71/h8-20,23-28,64H,21-22,29H2,1-7H3,(H,66,67,68)(H,69,70,71)(H,72,73,74). The molecule has 0 atom stereocenters. The van der Waals surface area contributed by atoms with E-state index in [1.165, 1.54) is 37.4 Å². The Hall–Kier alpha value is -8.16. The quantitative estimate of drug-likeness (QED) is 0.0489. The number of methoxy groups -OCH3 is 1. The third kappa shape index (κ3) is 12.8. The summed E-state index contributed by atoms with van der Waals surface area (Å²) >= 11 is 0. The number of benzene rings is 8. The molecule has 0 fully saturated rings. The summed E-state index contributed by atoms with van der Waals surface area (Å²) in [5.41, 5.74) is 10.0. The predicted molar refractivity (Wildman–Crippen MR) is 293 cm³/mol. The van der Waals surface area contributed by atoms with E-state index in [4.69, 9.17) is 4.74 Å². The molecular weight excluding hydrogens is 1060 g/mol. The van der Waals surface area contributed by atoms with Crippen LogP contribution in [0.2, 0.25) is 0 Å². The molecule has 0 aliphatic heterocycles. The largest absolute Gasteiger partial charge is 0.494 e. The van der Waals surface area contributed by atoms with Crippen molar-refractivity contribution in [3.05, 3.63) is 165 Å². The summed E-state index contributed by atoms with van der Waals surface area (Å²) in [5, 5.41) is 46.4. The van der Waals surface area contributed by atoms with Crippen LogP contribution < -0.4 is 4.74 Å². The van der Waals surface area contributed by atoms with E-state index in [2.05, 4.69) is 40.9 Å². The number of azo groups is 4. The number of carbonyl (C=O) groups is 1. The van der Waals surface area contributed by atoms with Gasteiger partial charge in [0.05, 0.1) is 58.4 Å². The molecule has 0 aliphatic carbocycles. The van der Waals surface area contributed by atoms with Crippen molar-refractivity contribution in [3.8, 4) is 5.75 Å². The number of carbonyl (C=O) groups excluding carboxylic acids is 1. The fourth-order valence-electron chi connectivity index (χ4n) is 8.54. The Morgan fingerprint density at radius 2 is 0.885 bits per heavy atom. The molecule has 0 aromatic heterocycles. The average Bonchev–Trinajstić information content (AvgIpc) is 3.47. The van der Waals surface area contributed by atoms with Crippen LogP contribution in [0.1, 0.15) is 50.1 Å². The van der Waals surface area contributed by atoms with Crippen molar-refractivity contribution in [1.29, 1.82) is 0 Å². The van der Waals surface area contributed by atoms with Crippen LogP contribution in [0.15, 0.2) is 171 Å². The SMILES string of the molecule is COc1cc(N=Nc2ccc3cccc(S(=O)(=O)O)c3c2)c(C)cc1N=Nc1cc(C)c(CC(=O)Cc2cc(C)c(N=Nc3cc(C)c(N=Nc4ccc5cc(S(=O)(=O)O)cc(S(=O)(=O)O)c5c4)cc3CO)cc2C)cc1C. The normalized spacial score (nSPS) is 12.6. The van der Waals surface area contributed by atoms with Crippen LogP contribution in [0.25, 0.3) is 21.5 Å². The van der Waals surface area contributed by atoms with Crippen LogP contribution in [0, 0.1) is 41.5 Å². The predicted octanol–water partition coefficient (Wildman–Crippen LogP) is 14.1. The summed E-state index contributed by atoms with van der Waals surface area (Å²) in [6, 6.07) is 29.5. The van der Waals surface area contributed by atoms with Crippen LogP contribution >= 0.6 is 0 Å².